The van der Waals surface area contributed by atoms with Gasteiger partial charge in [0, 0.05) is 24.9 Å². The van der Waals surface area contributed by atoms with Gasteiger partial charge in [-0.25, -0.2) is 0 Å². The molecule has 4 rings (SSSR count). The molecule has 0 saturated heterocycles. The van der Waals surface area contributed by atoms with Crippen molar-refractivity contribution in [2.75, 3.05) is 25.2 Å². The van der Waals surface area contributed by atoms with Gasteiger partial charge in [0.1, 0.15) is 11.5 Å². The van der Waals surface area contributed by atoms with E-state index in [0.29, 0.717) is 37.7 Å². The number of benzene rings is 2. The van der Waals surface area contributed by atoms with E-state index >= 15 is 0 Å². The molecule has 3 aromatic rings. The van der Waals surface area contributed by atoms with Crippen LogP contribution in [0.4, 0.5) is 5.69 Å². The maximum atomic E-state index is 13.1. The number of amides is 1. The molecule has 1 aliphatic heterocycles. The monoisotopic (exact) mass is 421 g/mol. The number of anilines is 1. The number of hydrogen-bond donors (Lipinski definition) is 0. The minimum atomic E-state index is 0.0330. The average Bonchev–Trinajstić information content (AvgIpc) is 3.27. The molecule has 7 nitrogen and oxygen atoms in total. The normalized spacial score (nSPS) is 13.1. The van der Waals surface area contributed by atoms with Crippen LogP contribution in [0.1, 0.15) is 36.8 Å². The number of nitrogens with zero attached hydrogens (tertiary/aromatic N) is 3. The summed E-state index contributed by atoms with van der Waals surface area (Å²) in [5.74, 6) is 2.53. The van der Waals surface area contributed by atoms with E-state index in [1.807, 2.05) is 48.2 Å². The molecule has 1 aromatic heterocycles. The zero-order chi connectivity index (χ0) is 21.8. The first-order valence-electron chi connectivity index (χ1n) is 10.6. The van der Waals surface area contributed by atoms with Gasteiger partial charge in [-0.15, -0.1) is 0 Å². The molecule has 162 valence electrons. The molecule has 7 heteroatoms. The standard InChI is InChI=1S/C24H27N3O4/c1-4-30-18-10-8-17(9-11-18)24-25-21(31-26-24)13-14-22(28)27-15-5-6-19-16(2)7-12-20(29-3)23(19)27/h7-12H,4-6,13-15H2,1-3H3. The summed E-state index contributed by atoms with van der Waals surface area (Å²) < 4.78 is 16.4. The highest BCUT2D eigenvalue weighted by Crippen LogP contribution is 2.38. The Morgan fingerprint density at radius 3 is 2.74 bits per heavy atom. The van der Waals surface area contributed by atoms with Crippen molar-refractivity contribution in [1.82, 2.24) is 10.1 Å². The summed E-state index contributed by atoms with van der Waals surface area (Å²) in [6, 6.07) is 11.5. The molecular weight excluding hydrogens is 394 g/mol. The van der Waals surface area contributed by atoms with Crippen molar-refractivity contribution in [1.29, 1.82) is 0 Å². The van der Waals surface area contributed by atoms with Crippen LogP contribution in [0.3, 0.4) is 0 Å². The van der Waals surface area contributed by atoms with Crippen LogP contribution in [0.15, 0.2) is 40.9 Å². The molecule has 0 radical (unpaired) electrons. The summed E-state index contributed by atoms with van der Waals surface area (Å²) in [6.07, 6.45) is 2.58. The fourth-order valence-corrected chi connectivity index (χ4v) is 3.96. The molecule has 2 aromatic carbocycles. The number of carbonyl (C=O) groups is 1. The lowest BCUT2D eigenvalue weighted by atomic mass is 9.96. The van der Waals surface area contributed by atoms with Gasteiger partial charge in [-0.1, -0.05) is 11.2 Å². The molecule has 0 bridgehead atoms. The Kier molecular flexibility index (Phi) is 6.21. The van der Waals surface area contributed by atoms with Crippen molar-refractivity contribution in [3.63, 3.8) is 0 Å². The highest BCUT2D eigenvalue weighted by Gasteiger charge is 2.27. The first-order valence-corrected chi connectivity index (χ1v) is 10.6. The Morgan fingerprint density at radius 2 is 2.00 bits per heavy atom. The van der Waals surface area contributed by atoms with Crippen molar-refractivity contribution < 1.29 is 18.8 Å². The number of methoxy groups -OCH3 is 1. The van der Waals surface area contributed by atoms with Gasteiger partial charge in [0.25, 0.3) is 0 Å². The molecule has 2 heterocycles. The predicted octanol–water partition coefficient (Wildman–Crippen LogP) is 4.36. The van der Waals surface area contributed by atoms with Crippen LogP contribution in [0, 0.1) is 6.92 Å². The van der Waals surface area contributed by atoms with E-state index in [4.69, 9.17) is 14.0 Å². The van der Waals surface area contributed by atoms with E-state index < -0.39 is 0 Å². The second-order valence-corrected chi connectivity index (χ2v) is 7.53. The molecule has 0 aliphatic carbocycles. The van der Waals surface area contributed by atoms with Crippen LogP contribution in [-0.4, -0.2) is 36.3 Å². The third-order valence-electron chi connectivity index (χ3n) is 5.52. The first-order chi connectivity index (χ1) is 15.1. The van der Waals surface area contributed by atoms with Gasteiger partial charge in [-0.3, -0.25) is 4.79 Å². The summed E-state index contributed by atoms with van der Waals surface area (Å²) in [7, 11) is 1.64. The maximum Gasteiger partial charge on any atom is 0.227 e. The number of fused-ring (bicyclic) bond motifs is 1. The zero-order valence-electron chi connectivity index (χ0n) is 18.2. The molecule has 0 fully saturated rings. The molecule has 0 spiro atoms. The van der Waals surface area contributed by atoms with E-state index in [0.717, 1.165) is 35.6 Å². The van der Waals surface area contributed by atoms with E-state index in [1.54, 1.807) is 7.11 Å². The molecule has 31 heavy (non-hydrogen) atoms. The summed E-state index contributed by atoms with van der Waals surface area (Å²) >= 11 is 0. The highest BCUT2D eigenvalue weighted by atomic mass is 16.5. The third-order valence-corrected chi connectivity index (χ3v) is 5.52. The smallest absolute Gasteiger partial charge is 0.227 e. The van der Waals surface area contributed by atoms with Crippen LogP contribution >= 0.6 is 0 Å². The SMILES string of the molecule is CCOc1ccc(-c2noc(CCC(=O)N3CCCc4c(C)ccc(OC)c43)n2)cc1. The molecule has 0 atom stereocenters. The van der Waals surface area contributed by atoms with Crippen LogP contribution in [0.25, 0.3) is 11.4 Å². The average molecular weight is 421 g/mol. The van der Waals surface area contributed by atoms with Crippen LogP contribution in [0.5, 0.6) is 11.5 Å². The fraction of sp³-hybridized carbons (Fsp3) is 0.375. The molecular formula is C24H27N3O4. The summed E-state index contributed by atoms with van der Waals surface area (Å²) in [6.45, 7) is 5.33. The minimum Gasteiger partial charge on any atom is -0.495 e. The van der Waals surface area contributed by atoms with E-state index in [9.17, 15) is 4.79 Å². The minimum absolute atomic E-state index is 0.0330. The summed E-state index contributed by atoms with van der Waals surface area (Å²) in [4.78, 5) is 19.3. The molecule has 0 N–H and O–H groups in total. The van der Waals surface area contributed by atoms with Gasteiger partial charge >= 0.3 is 0 Å². The number of hydrogen-bond acceptors (Lipinski definition) is 6. The Bertz CT molecular complexity index is 1060. The van der Waals surface area contributed by atoms with Crippen LogP contribution in [0.2, 0.25) is 0 Å². The van der Waals surface area contributed by atoms with Gasteiger partial charge < -0.3 is 18.9 Å². The van der Waals surface area contributed by atoms with Crippen LogP contribution in [-0.2, 0) is 17.6 Å². The van der Waals surface area contributed by atoms with Crippen molar-refractivity contribution >= 4 is 11.6 Å². The molecule has 1 aliphatic rings. The lowest BCUT2D eigenvalue weighted by molar-refractivity contribution is -0.118. The Balaban J connectivity index is 1.44. The van der Waals surface area contributed by atoms with Crippen molar-refractivity contribution in [2.45, 2.75) is 39.5 Å². The molecule has 0 unspecified atom stereocenters. The van der Waals surface area contributed by atoms with Gasteiger partial charge in [0.05, 0.1) is 19.4 Å². The number of ether oxygens (including phenoxy) is 2. The van der Waals surface area contributed by atoms with E-state index in [1.165, 1.54) is 11.1 Å². The molecule has 0 saturated carbocycles. The topological polar surface area (TPSA) is 77.7 Å². The number of carbonyl (C=O) groups excluding carboxylic acids is 1. The Labute approximate surface area is 182 Å². The second kappa shape index (κ2) is 9.20. The first kappa shape index (κ1) is 20.9. The fourth-order valence-electron chi connectivity index (χ4n) is 3.96. The predicted molar refractivity (Wildman–Crippen MR) is 118 cm³/mol. The van der Waals surface area contributed by atoms with E-state index in [2.05, 4.69) is 17.1 Å². The summed E-state index contributed by atoms with van der Waals surface area (Å²) in [5.41, 5.74) is 4.12. The van der Waals surface area contributed by atoms with Crippen LogP contribution < -0.4 is 14.4 Å². The Morgan fingerprint density at radius 1 is 1.19 bits per heavy atom. The molecule has 1 amide bonds. The Hall–Kier alpha value is -3.35. The number of rotatable bonds is 7. The summed E-state index contributed by atoms with van der Waals surface area (Å²) in [5, 5.41) is 4.06. The number of aryl methyl sites for hydroxylation is 2. The largest absolute Gasteiger partial charge is 0.495 e. The van der Waals surface area contributed by atoms with Crippen molar-refractivity contribution in [3.8, 4) is 22.9 Å². The lowest BCUT2D eigenvalue weighted by Crippen LogP contribution is -2.36. The van der Waals surface area contributed by atoms with E-state index in [-0.39, 0.29) is 5.91 Å². The van der Waals surface area contributed by atoms with Crippen molar-refractivity contribution in [3.05, 3.63) is 53.4 Å². The zero-order valence-corrected chi connectivity index (χ0v) is 18.2. The second-order valence-electron chi connectivity index (χ2n) is 7.53. The third kappa shape index (κ3) is 4.40. The van der Waals surface area contributed by atoms with Gasteiger partial charge in [-0.05, 0) is 68.1 Å². The quantitative estimate of drug-likeness (QED) is 0.564. The number of aromatic nitrogens is 2. The van der Waals surface area contributed by atoms with Gasteiger partial charge in [-0.2, -0.15) is 4.98 Å². The van der Waals surface area contributed by atoms with Gasteiger partial charge in [0.2, 0.25) is 17.6 Å². The maximum absolute atomic E-state index is 13.1. The lowest BCUT2D eigenvalue weighted by Gasteiger charge is -2.32. The highest BCUT2D eigenvalue weighted by molar-refractivity contribution is 5.96. The van der Waals surface area contributed by atoms with Gasteiger partial charge in [0.15, 0.2) is 0 Å². The van der Waals surface area contributed by atoms with Crippen molar-refractivity contribution in [2.24, 2.45) is 0 Å².